The highest BCUT2D eigenvalue weighted by molar-refractivity contribution is 6.04. The highest BCUT2D eigenvalue weighted by Crippen LogP contribution is 2.27. The molecular formula is C51H49N15O3. The van der Waals surface area contributed by atoms with E-state index in [1.165, 1.54) is 24.2 Å². The number of aliphatic imine (C=N–C) groups is 1. The summed E-state index contributed by atoms with van der Waals surface area (Å²) < 4.78 is 0. The molecule has 0 bridgehead atoms. The van der Waals surface area contributed by atoms with E-state index in [-0.39, 0.29) is 30.1 Å². The Hall–Kier alpha value is -8.84. The number of benzene rings is 3. The lowest BCUT2D eigenvalue weighted by molar-refractivity contribution is -0.118. The predicted molar refractivity (Wildman–Crippen MR) is 263 cm³/mol. The Morgan fingerprint density at radius 2 is 1.59 bits per heavy atom. The Kier molecular flexibility index (Phi) is 15.0. The quantitative estimate of drug-likeness (QED) is 0.0595. The van der Waals surface area contributed by atoms with Crippen molar-refractivity contribution in [1.82, 2.24) is 45.4 Å². The first-order valence-corrected chi connectivity index (χ1v) is 22.2. The van der Waals surface area contributed by atoms with E-state index in [4.69, 9.17) is 4.98 Å². The molecule has 3 aromatic heterocycles. The minimum Gasteiger partial charge on any atom is -0.347 e. The number of carbonyl (C=O) groups is 3. The molecule has 1 saturated heterocycles. The zero-order valence-corrected chi connectivity index (χ0v) is 38.1. The second-order valence-electron chi connectivity index (χ2n) is 16.6. The monoisotopic (exact) mass is 919 g/mol. The van der Waals surface area contributed by atoms with Crippen LogP contribution in [0.5, 0.6) is 0 Å². The van der Waals surface area contributed by atoms with E-state index in [0.29, 0.717) is 40.9 Å². The van der Waals surface area contributed by atoms with Gasteiger partial charge in [-0.1, -0.05) is 42.5 Å². The van der Waals surface area contributed by atoms with E-state index < -0.39 is 17.9 Å². The number of amides is 3. The zero-order chi connectivity index (χ0) is 48.1. The van der Waals surface area contributed by atoms with Gasteiger partial charge in [-0.15, -0.1) is 0 Å². The van der Waals surface area contributed by atoms with E-state index >= 15 is 0 Å². The average molecular weight is 920 g/mol. The third kappa shape index (κ3) is 12.3. The van der Waals surface area contributed by atoms with Crippen molar-refractivity contribution in [3.63, 3.8) is 0 Å². The molecule has 3 aromatic carbocycles. The van der Waals surface area contributed by atoms with Crippen molar-refractivity contribution >= 4 is 53.3 Å². The largest absolute Gasteiger partial charge is 0.347 e. The van der Waals surface area contributed by atoms with E-state index in [1.807, 2.05) is 91.9 Å². The average Bonchev–Trinajstić information content (AvgIpc) is 4.08. The first kappa shape index (κ1) is 46.7. The van der Waals surface area contributed by atoms with E-state index in [2.05, 4.69) is 63.0 Å². The van der Waals surface area contributed by atoms with Gasteiger partial charge in [0.1, 0.15) is 29.1 Å². The van der Waals surface area contributed by atoms with Crippen LogP contribution in [-0.4, -0.2) is 105 Å². The second-order valence-corrected chi connectivity index (χ2v) is 16.6. The molecule has 1 unspecified atom stereocenters. The van der Waals surface area contributed by atoms with E-state index in [0.717, 1.165) is 60.7 Å². The molecule has 5 heterocycles. The fraction of sp³-hybridized carbons (Fsp3) is 0.216. The molecule has 1 atom stereocenters. The summed E-state index contributed by atoms with van der Waals surface area (Å²) in [5.74, 6) is -0.364. The Morgan fingerprint density at radius 1 is 0.841 bits per heavy atom. The first-order chi connectivity index (χ1) is 33.6. The van der Waals surface area contributed by atoms with Crippen molar-refractivity contribution in [1.29, 1.82) is 10.5 Å². The molecule has 0 spiro atoms. The SMILES string of the molecule is Cc1ccc(NC(=O)c2ccc(CN3CCN(C)CC3)cc2)cc1Nc1nccc(-c2ccc(N3C=NCC3/C=C(/C#N)C(=O)NCc3cccc(CNC(=O)/C(C#N)=C\c4cnc[nH]4)c3)nc2)n1. The molecule has 0 radical (unpaired) electrons. The number of nitriles is 2. The van der Waals surface area contributed by atoms with Crippen LogP contribution in [0.4, 0.5) is 23.1 Å². The van der Waals surface area contributed by atoms with Crippen LogP contribution in [0.2, 0.25) is 0 Å². The topological polar surface area (TPSA) is 236 Å². The summed E-state index contributed by atoms with van der Waals surface area (Å²) in [4.78, 5) is 70.6. The number of anilines is 4. The van der Waals surface area contributed by atoms with Crippen LogP contribution in [0.25, 0.3) is 17.3 Å². The maximum Gasteiger partial charge on any atom is 0.262 e. The second kappa shape index (κ2) is 22.1. The Morgan fingerprint density at radius 3 is 2.29 bits per heavy atom. The molecule has 2 aliphatic rings. The molecule has 6 aromatic rings. The number of likely N-dealkylation sites (N-methyl/N-ethyl adjacent to an activating group) is 1. The third-order valence-electron chi connectivity index (χ3n) is 11.6. The lowest BCUT2D eigenvalue weighted by atomic mass is 10.1. The number of imidazole rings is 1. The molecule has 18 heteroatoms. The minimum atomic E-state index is -0.549. The van der Waals surface area contributed by atoms with Crippen molar-refractivity contribution in [2.75, 3.05) is 55.3 Å². The fourth-order valence-electron chi connectivity index (χ4n) is 7.64. The van der Waals surface area contributed by atoms with E-state index in [1.54, 1.807) is 41.8 Å². The number of aromatic amines is 1. The molecule has 1 fully saturated rings. The van der Waals surface area contributed by atoms with Crippen LogP contribution >= 0.6 is 0 Å². The standard InChI is InChI=1S/C51H49N15O3/c1-34-6-12-42(61-50(69)38-9-7-35(8-10-38)31-65-18-16-64(2)17-19-65)23-46(34)63-51-56-15-14-45(62-51)39-11-13-47(57-28-39)66-33-55-30-44(66)22-41(25-53)49(68)59-27-37-5-3-4-36(20-37)26-58-48(67)40(24-52)21-43-29-54-32-60-43/h3-15,20-23,28-29,32-33,44H,16-19,26-27,30-31H2,1-2H3,(H,54,60)(H,58,67)(H,59,68)(H,61,69)(H,56,62,63)/b40-21-,41-22-. The number of aryl methyl sites for hydroxylation is 1. The molecule has 5 N–H and O–H groups in total. The van der Waals surface area contributed by atoms with Crippen molar-refractivity contribution < 1.29 is 14.4 Å². The van der Waals surface area contributed by atoms with Crippen LogP contribution < -0.4 is 26.2 Å². The normalized spacial score (nSPS) is 15.2. The van der Waals surface area contributed by atoms with Gasteiger partial charge < -0.3 is 36.1 Å². The molecule has 69 heavy (non-hydrogen) atoms. The number of rotatable bonds is 16. The van der Waals surface area contributed by atoms with Gasteiger partial charge >= 0.3 is 0 Å². The molecule has 2 aliphatic heterocycles. The van der Waals surface area contributed by atoms with Gasteiger partial charge in [0.15, 0.2) is 0 Å². The number of hydrogen-bond acceptors (Lipinski definition) is 14. The third-order valence-corrected chi connectivity index (χ3v) is 11.6. The summed E-state index contributed by atoms with van der Waals surface area (Å²) in [6.45, 7) is 7.60. The summed E-state index contributed by atoms with van der Waals surface area (Å²) in [5.41, 5.74) is 7.30. The zero-order valence-electron chi connectivity index (χ0n) is 38.1. The van der Waals surface area contributed by atoms with Gasteiger partial charge in [0.25, 0.3) is 17.7 Å². The van der Waals surface area contributed by atoms with Crippen molar-refractivity contribution in [3.05, 3.63) is 161 Å². The number of hydrogen-bond donors (Lipinski definition) is 5. The van der Waals surface area contributed by atoms with Gasteiger partial charge in [0, 0.05) is 80.7 Å². The summed E-state index contributed by atoms with van der Waals surface area (Å²) in [6, 6.07) is 29.6. The molecular weight excluding hydrogens is 871 g/mol. The first-order valence-electron chi connectivity index (χ1n) is 22.2. The number of piperazine rings is 1. The van der Waals surface area contributed by atoms with Crippen molar-refractivity contribution in [2.24, 2.45) is 4.99 Å². The number of nitrogens with zero attached hydrogens (tertiary/aromatic N) is 10. The number of pyridine rings is 1. The maximum absolute atomic E-state index is 13.2. The highest BCUT2D eigenvalue weighted by atomic mass is 16.2. The van der Waals surface area contributed by atoms with Crippen LogP contribution in [0, 0.1) is 29.6 Å². The van der Waals surface area contributed by atoms with Crippen LogP contribution in [0.1, 0.15) is 38.3 Å². The number of H-pyrrole nitrogens is 1. The van der Waals surface area contributed by atoms with Crippen LogP contribution in [0.3, 0.4) is 0 Å². The number of aromatic nitrogens is 5. The van der Waals surface area contributed by atoms with Crippen LogP contribution in [0.15, 0.2) is 132 Å². The molecule has 18 nitrogen and oxygen atoms in total. The molecule has 8 rings (SSSR count). The van der Waals surface area contributed by atoms with Gasteiger partial charge in [-0.25, -0.2) is 19.9 Å². The predicted octanol–water partition coefficient (Wildman–Crippen LogP) is 5.52. The summed E-state index contributed by atoms with van der Waals surface area (Å²) in [6.07, 6.45) is 10.9. The summed E-state index contributed by atoms with van der Waals surface area (Å²) in [5, 5.41) is 31.3. The van der Waals surface area contributed by atoms with Crippen molar-refractivity contribution in [2.45, 2.75) is 32.6 Å². The van der Waals surface area contributed by atoms with Crippen molar-refractivity contribution in [3.8, 4) is 23.4 Å². The lowest BCUT2D eigenvalue weighted by Gasteiger charge is -2.32. The number of carbonyl (C=O) groups excluding carboxylic acids is 3. The van der Waals surface area contributed by atoms with Gasteiger partial charge in [0.05, 0.1) is 42.8 Å². The van der Waals surface area contributed by atoms with Gasteiger partial charge in [-0.3, -0.25) is 24.3 Å². The minimum absolute atomic E-state index is 0.0732. The van der Waals surface area contributed by atoms with Gasteiger partial charge in [0.2, 0.25) is 5.95 Å². The Balaban J connectivity index is 0.846. The highest BCUT2D eigenvalue weighted by Gasteiger charge is 2.24. The van der Waals surface area contributed by atoms with Gasteiger partial charge in [-0.05, 0) is 90.8 Å². The lowest BCUT2D eigenvalue weighted by Crippen LogP contribution is -2.43. The smallest absolute Gasteiger partial charge is 0.262 e. The summed E-state index contributed by atoms with van der Waals surface area (Å²) >= 11 is 0. The van der Waals surface area contributed by atoms with E-state index in [9.17, 15) is 24.9 Å². The van der Waals surface area contributed by atoms with Crippen LogP contribution in [-0.2, 0) is 29.2 Å². The Bertz CT molecular complexity index is 2980. The van der Waals surface area contributed by atoms with Gasteiger partial charge in [-0.2, -0.15) is 10.5 Å². The number of nitrogens with one attached hydrogen (secondary N) is 5. The molecule has 0 saturated carbocycles. The Labute approximate surface area is 399 Å². The summed E-state index contributed by atoms with van der Waals surface area (Å²) in [7, 11) is 2.14. The maximum atomic E-state index is 13.2. The molecule has 0 aliphatic carbocycles. The molecule has 3 amide bonds. The molecule has 346 valence electrons. The fourth-order valence-corrected chi connectivity index (χ4v) is 7.64.